The zero-order chi connectivity index (χ0) is 18.4. The highest BCUT2D eigenvalue weighted by Crippen LogP contribution is 2.36. The number of ether oxygens (including phenoxy) is 2. The number of methoxy groups -OCH3 is 1. The van der Waals surface area contributed by atoms with Crippen molar-refractivity contribution in [3.63, 3.8) is 0 Å². The number of hydrogen-bond acceptors (Lipinski definition) is 7. The number of pyridine rings is 1. The normalized spacial score (nSPS) is 11.3. The van der Waals surface area contributed by atoms with Crippen molar-refractivity contribution in [2.75, 3.05) is 20.3 Å². The lowest BCUT2D eigenvalue weighted by molar-refractivity contribution is 0.0536. The van der Waals surface area contributed by atoms with Gasteiger partial charge in [0.15, 0.2) is 5.15 Å². The van der Waals surface area contributed by atoms with E-state index in [2.05, 4.69) is 4.98 Å². The van der Waals surface area contributed by atoms with Crippen molar-refractivity contribution in [3.05, 3.63) is 40.5 Å². The van der Waals surface area contributed by atoms with E-state index in [1.807, 2.05) is 12.1 Å². The van der Waals surface area contributed by atoms with Crippen molar-refractivity contribution < 1.29 is 19.7 Å². The minimum atomic E-state index is -0.974. The maximum atomic E-state index is 9.43. The molecular weight excluding hydrogens is 346 g/mol. The van der Waals surface area contributed by atoms with Crippen molar-refractivity contribution >= 4 is 11.6 Å². The minimum absolute atomic E-state index is 0.0351. The fraction of sp³-hybridized carbons (Fsp3) is 0.235. The molecule has 1 aromatic carbocycles. The molecule has 0 aliphatic rings. The van der Waals surface area contributed by atoms with Gasteiger partial charge in [-0.25, -0.2) is 0 Å². The molecule has 25 heavy (non-hydrogen) atoms. The molecule has 0 aliphatic carbocycles. The first kappa shape index (κ1) is 18.5. The SMILES string of the molecule is COc1nc(Cl)c(C#N)c(-c2ccc(OC[C@H](O)CO)cc2)c1C#N. The molecule has 2 N–H and O–H groups in total. The zero-order valence-corrected chi connectivity index (χ0v) is 14.0. The third kappa shape index (κ3) is 3.98. The summed E-state index contributed by atoms with van der Waals surface area (Å²) in [7, 11) is 1.36. The predicted molar refractivity (Wildman–Crippen MR) is 89.3 cm³/mol. The molecule has 0 saturated carbocycles. The van der Waals surface area contributed by atoms with Crippen LogP contribution in [-0.2, 0) is 0 Å². The fourth-order valence-corrected chi connectivity index (χ4v) is 2.35. The van der Waals surface area contributed by atoms with Crippen LogP contribution in [0.4, 0.5) is 0 Å². The molecule has 0 unspecified atom stereocenters. The second kappa shape index (κ2) is 8.32. The van der Waals surface area contributed by atoms with Gasteiger partial charge in [0.1, 0.15) is 36.2 Å². The molecule has 2 aromatic rings. The van der Waals surface area contributed by atoms with Crippen molar-refractivity contribution in [1.82, 2.24) is 4.98 Å². The first-order valence-electron chi connectivity index (χ1n) is 7.15. The average molecular weight is 360 g/mol. The summed E-state index contributed by atoms with van der Waals surface area (Å²) in [6.45, 7) is -0.456. The molecule has 8 heteroatoms. The molecular formula is C17H14ClN3O4. The van der Waals surface area contributed by atoms with Crippen LogP contribution in [0.3, 0.4) is 0 Å². The third-order valence-corrected chi connectivity index (χ3v) is 3.61. The molecule has 0 saturated heterocycles. The summed E-state index contributed by atoms with van der Waals surface area (Å²) >= 11 is 6.02. The van der Waals surface area contributed by atoms with Gasteiger partial charge in [-0.2, -0.15) is 15.5 Å². The largest absolute Gasteiger partial charge is 0.491 e. The van der Waals surface area contributed by atoms with Crippen LogP contribution < -0.4 is 9.47 Å². The molecule has 7 nitrogen and oxygen atoms in total. The Balaban J connectivity index is 2.46. The molecule has 0 amide bonds. The monoisotopic (exact) mass is 359 g/mol. The van der Waals surface area contributed by atoms with E-state index < -0.39 is 12.7 Å². The van der Waals surface area contributed by atoms with Crippen molar-refractivity contribution in [2.45, 2.75) is 6.10 Å². The molecule has 0 aliphatic heterocycles. The summed E-state index contributed by atoms with van der Waals surface area (Å²) in [5.41, 5.74) is 1.06. The lowest BCUT2D eigenvalue weighted by Crippen LogP contribution is -2.21. The Morgan fingerprint density at radius 2 is 1.84 bits per heavy atom. The summed E-state index contributed by atoms with van der Waals surface area (Å²) in [4.78, 5) is 3.92. The van der Waals surface area contributed by atoms with E-state index in [4.69, 9.17) is 26.2 Å². The molecule has 0 bridgehead atoms. The van der Waals surface area contributed by atoms with E-state index in [0.29, 0.717) is 16.9 Å². The van der Waals surface area contributed by atoms with Crippen molar-refractivity contribution in [2.24, 2.45) is 0 Å². The second-order valence-electron chi connectivity index (χ2n) is 4.93. The molecule has 1 atom stereocenters. The number of aromatic nitrogens is 1. The summed E-state index contributed by atoms with van der Waals surface area (Å²) in [6, 6.07) is 10.5. The van der Waals surface area contributed by atoms with Gasteiger partial charge in [0.25, 0.3) is 0 Å². The Morgan fingerprint density at radius 1 is 1.20 bits per heavy atom. The smallest absolute Gasteiger partial charge is 0.233 e. The number of aliphatic hydroxyl groups is 2. The Morgan fingerprint density at radius 3 is 2.36 bits per heavy atom. The Labute approximate surface area is 149 Å². The van der Waals surface area contributed by atoms with Crippen LogP contribution in [0, 0.1) is 22.7 Å². The van der Waals surface area contributed by atoms with Crippen LogP contribution in [0.25, 0.3) is 11.1 Å². The molecule has 0 spiro atoms. The van der Waals surface area contributed by atoms with Crippen LogP contribution in [0.5, 0.6) is 11.6 Å². The van der Waals surface area contributed by atoms with Gasteiger partial charge in [-0.1, -0.05) is 23.7 Å². The number of nitriles is 2. The number of rotatable bonds is 6. The van der Waals surface area contributed by atoms with Crippen LogP contribution in [0.2, 0.25) is 5.15 Å². The molecule has 128 valence electrons. The van der Waals surface area contributed by atoms with E-state index in [1.165, 1.54) is 7.11 Å². The highest BCUT2D eigenvalue weighted by Gasteiger charge is 2.21. The molecule has 0 fully saturated rings. The first-order valence-corrected chi connectivity index (χ1v) is 7.53. The van der Waals surface area contributed by atoms with Gasteiger partial charge in [0.2, 0.25) is 5.88 Å². The van der Waals surface area contributed by atoms with Gasteiger partial charge in [-0.05, 0) is 17.7 Å². The number of hydrogen-bond donors (Lipinski definition) is 2. The Kier molecular flexibility index (Phi) is 6.15. The summed E-state index contributed by atoms with van der Waals surface area (Å²) in [5.74, 6) is 0.494. The van der Waals surface area contributed by atoms with E-state index in [0.717, 1.165) is 0 Å². The van der Waals surface area contributed by atoms with E-state index in [1.54, 1.807) is 24.3 Å². The van der Waals surface area contributed by atoms with Gasteiger partial charge >= 0.3 is 0 Å². The lowest BCUT2D eigenvalue weighted by atomic mass is 9.97. The van der Waals surface area contributed by atoms with Crippen molar-refractivity contribution in [3.8, 4) is 34.9 Å². The molecule has 2 rings (SSSR count). The zero-order valence-electron chi connectivity index (χ0n) is 13.2. The van der Waals surface area contributed by atoms with Crippen LogP contribution in [0.15, 0.2) is 24.3 Å². The fourth-order valence-electron chi connectivity index (χ4n) is 2.14. The Hall–Kier alpha value is -2.84. The summed E-state index contributed by atoms with van der Waals surface area (Å²) in [5, 5.41) is 36.8. The van der Waals surface area contributed by atoms with Gasteiger partial charge in [-0.15, -0.1) is 0 Å². The van der Waals surface area contributed by atoms with Crippen LogP contribution in [-0.4, -0.2) is 41.6 Å². The summed E-state index contributed by atoms with van der Waals surface area (Å²) in [6.07, 6.45) is -0.974. The van der Waals surface area contributed by atoms with Crippen LogP contribution >= 0.6 is 11.6 Å². The third-order valence-electron chi connectivity index (χ3n) is 3.33. The maximum Gasteiger partial charge on any atom is 0.233 e. The van der Waals surface area contributed by atoms with E-state index >= 15 is 0 Å². The molecule has 0 radical (unpaired) electrons. The highest BCUT2D eigenvalue weighted by molar-refractivity contribution is 6.31. The first-order chi connectivity index (χ1) is 12.0. The van der Waals surface area contributed by atoms with Gasteiger partial charge in [-0.3, -0.25) is 0 Å². The highest BCUT2D eigenvalue weighted by atomic mass is 35.5. The van der Waals surface area contributed by atoms with Gasteiger partial charge < -0.3 is 19.7 Å². The lowest BCUT2D eigenvalue weighted by Gasteiger charge is -2.13. The van der Waals surface area contributed by atoms with Gasteiger partial charge in [0.05, 0.1) is 19.3 Å². The molecule has 1 aromatic heterocycles. The van der Waals surface area contributed by atoms with Crippen LogP contribution in [0.1, 0.15) is 11.1 Å². The standard InChI is InChI=1S/C17H14ClN3O4/c1-24-17-14(7-20)15(13(6-19)16(18)21-17)10-2-4-12(5-3-10)25-9-11(23)8-22/h2-5,11,22-23H,8-9H2,1H3/t11-/m1/s1. The average Bonchev–Trinajstić information content (AvgIpc) is 2.65. The summed E-state index contributed by atoms with van der Waals surface area (Å²) < 4.78 is 10.4. The van der Waals surface area contributed by atoms with E-state index in [-0.39, 0.29) is 28.8 Å². The van der Waals surface area contributed by atoms with Gasteiger partial charge in [0, 0.05) is 5.56 Å². The quantitative estimate of drug-likeness (QED) is 0.755. The molecule has 1 heterocycles. The Bertz CT molecular complexity index is 841. The number of nitrogens with zero attached hydrogens (tertiary/aromatic N) is 3. The van der Waals surface area contributed by atoms with E-state index in [9.17, 15) is 15.6 Å². The predicted octanol–water partition coefficient (Wildman–Crippen LogP) is 1.89. The minimum Gasteiger partial charge on any atom is -0.491 e. The number of halogens is 1. The number of benzene rings is 1. The van der Waals surface area contributed by atoms with Crippen molar-refractivity contribution in [1.29, 1.82) is 10.5 Å². The number of aliphatic hydroxyl groups excluding tert-OH is 2. The topological polar surface area (TPSA) is 119 Å². The maximum absolute atomic E-state index is 9.43. The second-order valence-corrected chi connectivity index (χ2v) is 5.29.